The molecule has 0 fully saturated rings. The molecule has 2 atom stereocenters. The third kappa shape index (κ3) is 5.32. The summed E-state index contributed by atoms with van der Waals surface area (Å²) in [5, 5.41) is 9.25. The summed E-state index contributed by atoms with van der Waals surface area (Å²) < 4.78 is 55.2. The summed E-state index contributed by atoms with van der Waals surface area (Å²) in [4.78, 5) is 12.0. The van der Waals surface area contributed by atoms with Crippen LogP contribution in [0.15, 0.2) is 53.4 Å². The molecule has 0 aliphatic carbocycles. The highest BCUT2D eigenvalue weighted by molar-refractivity contribution is 7.85. The summed E-state index contributed by atoms with van der Waals surface area (Å²) in [5.74, 6) is -1.21. The van der Waals surface area contributed by atoms with E-state index in [1.807, 2.05) is 6.07 Å². The molecule has 8 heteroatoms. The molecule has 0 saturated heterocycles. The van der Waals surface area contributed by atoms with Crippen molar-refractivity contribution in [2.45, 2.75) is 30.5 Å². The molecule has 0 bridgehead atoms. The van der Waals surface area contributed by atoms with E-state index < -0.39 is 34.6 Å². The van der Waals surface area contributed by atoms with Crippen LogP contribution in [0.2, 0.25) is 0 Å². The predicted octanol–water partition coefficient (Wildman–Crippen LogP) is 4.04. The van der Waals surface area contributed by atoms with Crippen molar-refractivity contribution >= 4 is 16.8 Å². The predicted molar refractivity (Wildman–Crippen MR) is 90.6 cm³/mol. The molecule has 2 rings (SSSR count). The molecule has 1 N–H and O–H groups in total. The Morgan fingerprint density at radius 2 is 1.77 bits per heavy atom. The van der Waals surface area contributed by atoms with Gasteiger partial charge in [0.25, 0.3) is 0 Å². The number of alkyl halides is 3. The number of benzene rings is 2. The summed E-state index contributed by atoms with van der Waals surface area (Å²) in [6.07, 6.45) is -5.83. The molecule has 0 saturated carbocycles. The lowest BCUT2D eigenvalue weighted by Crippen LogP contribution is -2.28. The van der Waals surface area contributed by atoms with E-state index in [-0.39, 0.29) is 17.9 Å². The van der Waals surface area contributed by atoms with Crippen LogP contribution in [0, 0.1) is 6.92 Å². The molecule has 4 nitrogen and oxygen atoms in total. The van der Waals surface area contributed by atoms with E-state index >= 15 is 0 Å². The van der Waals surface area contributed by atoms with Gasteiger partial charge in [-0.25, -0.2) is 4.79 Å². The second-order valence-corrected chi connectivity index (χ2v) is 7.11. The lowest BCUT2D eigenvalue weighted by atomic mass is 10.2. The number of carboxylic acids is 1. The molecule has 0 aromatic heterocycles. The van der Waals surface area contributed by atoms with Gasteiger partial charge < -0.3 is 9.84 Å². The number of carbonyl (C=O) groups is 1. The van der Waals surface area contributed by atoms with E-state index in [0.29, 0.717) is 4.90 Å². The fraction of sp³-hybridized carbons (Fsp3) is 0.278. The van der Waals surface area contributed by atoms with Crippen LogP contribution >= 0.6 is 0 Å². The molecule has 2 aromatic rings. The Labute approximate surface area is 151 Å². The molecule has 0 amide bonds. The highest BCUT2D eigenvalue weighted by Crippen LogP contribution is 2.30. The molecule has 2 unspecified atom stereocenters. The highest BCUT2D eigenvalue weighted by atomic mass is 32.2. The van der Waals surface area contributed by atoms with Crippen molar-refractivity contribution in [2.75, 3.05) is 5.75 Å². The molecule has 0 spiro atoms. The summed E-state index contributed by atoms with van der Waals surface area (Å²) in [6, 6.07) is 10.8. The first-order valence-corrected chi connectivity index (χ1v) is 9.01. The van der Waals surface area contributed by atoms with Gasteiger partial charge in [0.15, 0.2) is 6.10 Å². The lowest BCUT2D eigenvalue weighted by Gasteiger charge is -2.16. The minimum atomic E-state index is -4.48. The molecule has 2 aromatic carbocycles. The van der Waals surface area contributed by atoms with Gasteiger partial charge in [-0.3, -0.25) is 4.21 Å². The third-order valence-corrected chi connectivity index (χ3v) is 5.19. The number of ether oxygens (including phenoxy) is 1. The van der Waals surface area contributed by atoms with Crippen LogP contribution in [0.1, 0.15) is 17.5 Å². The van der Waals surface area contributed by atoms with Crippen molar-refractivity contribution in [3.8, 4) is 5.75 Å². The van der Waals surface area contributed by atoms with Crippen LogP contribution in [-0.2, 0) is 21.8 Å². The third-order valence-electron chi connectivity index (χ3n) is 3.64. The Morgan fingerprint density at radius 3 is 2.31 bits per heavy atom. The second-order valence-electron chi connectivity index (χ2n) is 5.57. The number of hydrogen-bond acceptors (Lipinski definition) is 3. The van der Waals surface area contributed by atoms with Gasteiger partial charge in [0.2, 0.25) is 0 Å². The van der Waals surface area contributed by atoms with Crippen LogP contribution in [0.3, 0.4) is 0 Å². The Bertz CT molecular complexity index is 788. The average Bonchev–Trinajstić information content (AvgIpc) is 2.58. The fourth-order valence-electron chi connectivity index (χ4n) is 2.26. The quantitative estimate of drug-likeness (QED) is 0.780. The maximum atomic E-state index is 12.5. The van der Waals surface area contributed by atoms with Crippen LogP contribution in [-0.4, -0.2) is 27.1 Å². The summed E-state index contributed by atoms with van der Waals surface area (Å²) in [6.45, 7) is 1.81. The Kier molecular flexibility index (Phi) is 6.42. The minimum Gasteiger partial charge on any atom is -0.479 e. The van der Waals surface area contributed by atoms with Crippen LogP contribution < -0.4 is 4.74 Å². The van der Waals surface area contributed by atoms with Gasteiger partial charge in [0.05, 0.1) is 16.4 Å². The second kappa shape index (κ2) is 8.35. The number of rotatable bonds is 7. The van der Waals surface area contributed by atoms with Crippen LogP contribution in [0.4, 0.5) is 13.2 Å². The number of aryl methyl sites for hydroxylation is 1. The summed E-state index contributed by atoms with van der Waals surface area (Å²) in [7, 11) is -1.40. The molecule has 0 aliphatic heterocycles. The van der Waals surface area contributed by atoms with Crippen molar-refractivity contribution in [3.63, 3.8) is 0 Å². The first-order valence-electron chi connectivity index (χ1n) is 7.69. The van der Waals surface area contributed by atoms with E-state index in [9.17, 15) is 27.3 Å². The van der Waals surface area contributed by atoms with Crippen molar-refractivity contribution in [2.24, 2.45) is 0 Å². The molecule has 0 heterocycles. The van der Waals surface area contributed by atoms with Gasteiger partial charge in [-0.05, 0) is 42.8 Å². The average molecular weight is 386 g/mol. The Hall–Kier alpha value is -2.35. The maximum Gasteiger partial charge on any atom is 0.416 e. The summed E-state index contributed by atoms with van der Waals surface area (Å²) in [5.41, 5.74) is -0.0150. The number of carboxylic acid groups (broad SMARTS) is 1. The van der Waals surface area contributed by atoms with Gasteiger partial charge in [-0.15, -0.1) is 0 Å². The Morgan fingerprint density at radius 1 is 1.15 bits per heavy atom. The zero-order valence-corrected chi connectivity index (χ0v) is 14.6. The minimum absolute atomic E-state index is 0.00655. The molecule has 26 heavy (non-hydrogen) atoms. The zero-order valence-electron chi connectivity index (χ0n) is 13.8. The van der Waals surface area contributed by atoms with Gasteiger partial charge in [0.1, 0.15) is 5.75 Å². The topological polar surface area (TPSA) is 63.6 Å². The van der Waals surface area contributed by atoms with Crippen molar-refractivity contribution < 1.29 is 32.0 Å². The maximum absolute atomic E-state index is 12.5. The van der Waals surface area contributed by atoms with E-state index in [0.717, 1.165) is 29.8 Å². The first-order chi connectivity index (χ1) is 12.2. The standard InChI is InChI=1S/C18H17F3O4S/c1-12-4-2-3-5-16(12)26(24)11-10-15(17(22)23)25-14-8-6-13(7-9-14)18(19,20)21/h2-9,15H,10-11H2,1H3,(H,22,23). The number of halogens is 3. The molecular formula is C18H17F3O4S. The molecule has 0 aliphatic rings. The normalized spacial score (nSPS) is 13.8. The van der Waals surface area contributed by atoms with E-state index in [1.165, 1.54) is 0 Å². The van der Waals surface area contributed by atoms with Gasteiger partial charge in [0, 0.05) is 17.1 Å². The number of hydrogen-bond donors (Lipinski definition) is 1. The van der Waals surface area contributed by atoms with Crippen molar-refractivity contribution in [3.05, 3.63) is 59.7 Å². The molecule has 0 radical (unpaired) electrons. The van der Waals surface area contributed by atoms with E-state index in [4.69, 9.17) is 4.74 Å². The number of aliphatic carboxylic acids is 1. The summed E-state index contributed by atoms with van der Waals surface area (Å²) >= 11 is 0. The van der Waals surface area contributed by atoms with Crippen molar-refractivity contribution in [1.29, 1.82) is 0 Å². The van der Waals surface area contributed by atoms with Crippen molar-refractivity contribution in [1.82, 2.24) is 0 Å². The smallest absolute Gasteiger partial charge is 0.416 e. The monoisotopic (exact) mass is 386 g/mol. The SMILES string of the molecule is Cc1ccccc1S(=O)CCC(Oc1ccc(C(F)(F)F)cc1)C(=O)O. The molecule has 140 valence electrons. The van der Waals surface area contributed by atoms with E-state index in [1.54, 1.807) is 25.1 Å². The Balaban J connectivity index is 2.02. The lowest BCUT2D eigenvalue weighted by molar-refractivity contribution is -0.145. The fourth-order valence-corrected chi connectivity index (χ4v) is 3.56. The van der Waals surface area contributed by atoms with Crippen LogP contribution in [0.25, 0.3) is 0 Å². The van der Waals surface area contributed by atoms with E-state index in [2.05, 4.69) is 0 Å². The van der Waals surface area contributed by atoms with Gasteiger partial charge in [-0.2, -0.15) is 13.2 Å². The highest BCUT2D eigenvalue weighted by Gasteiger charge is 2.30. The largest absolute Gasteiger partial charge is 0.479 e. The zero-order chi connectivity index (χ0) is 19.3. The molecular weight excluding hydrogens is 369 g/mol. The van der Waals surface area contributed by atoms with Gasteiger partial charge in [-0.1, -0.05) is 18.2 Å². The van der Waals surface area contributed by atoms with Gasteiger partial charge >= 0.3 is 12.1 Å². The van der Waals surface area contributed by atoms with Crippen LogP contribution in [0.5, 0.6) is 5.75 Å². The first kappa shape index (κ1) is 20.0.